The van der Waals surface area contributed by atoms with E-state index in [9.17, 15) is 4.79 Å². The molecule has 4 heterocycles. The van der Waals surface area contributed by atoms with Crippen LogP contribution >= 0.6 is 22.7 Å². The number of anilines is 1. The van der Waals surface area contributed by atoms with Gasteiger partial charge in [-0.3, -0.25) is 4.79 Å². The lowest BCUT2D eigenvalue weighted by Crippen LogP contribution is -2.24. The Balaban J connectivity index is 1.41. The van der Waals surface area contributed by atoms with Gasteiger partial charge in [0.2, 0.25) is 11.8 Å². The number of thiophene rings is 1. The van der Waals surface area contributed by atoms with Gasteiger partial charge in [-0.2, -0.15) is 0 Å². The summed E-state index contributed by atoms with van der Waals surface area (Å²) >= 11 is 3.33. The van der Waals surface area contributed by atoms with Crippen molar-refractivity contribution in [3.8, 4) is 27.6 Å². The number of nitrogens with one attached hydrogen (secondary N) is 3. The van der Waals surface area contributed by atoms with Crippen molar-refractivity contribution in [3.05, 3.63) is 47.0 Å². The largest absolute Gasteiger partial charge is 0.478 e. The second kappa shape index (κ2) is 12.1. The van der Waals surface area contributed by atoms with E-state index in [0.717, 1.165) is 63.0 Å². The molecule has 0 bridgehead atoms. The smallest absolute Gasteiger partial charge is 0.226 e. The second-order valence-corrected chi connectivity index (χ2v) is 10.8. The molecule has 0 aliphatic carbocycles. The molecule has 3 N–H and O–H groups in total. The number of rotatable bonds is 11. The van der Waals surface area contributed by atoms with Crippen molar-refractivity contribution in [1.29, 1.82) is 0 Å². The van der Waals surface area contributed by atoms with E-state index >= 15 is 0 Å². The maximum absolute atomic E-state index is 12.8. The molecule has 0 radical (unpaired) electrons. The van der Waals surface area contributed by atoms with Crippen LogP contribution in [-0.4, -0.2) is 55.8 Å². The van der Waals surface area contributed by atoms with E-state index in [4.69, 9.17) is 14.5 Å². The molecule has 3 aromatic heterocycles. The Morgan fingerprint density at radius 3 is 2.86 bits per heavy atom. The standard InChI is InChI=1S/C27H31N5O3S2/c1-3-35-24-7-5-18(15-30-24)17-4-6-21-20(14-17)31-26(36-21)25-19-8-10-29-16-22(19)37-27(25)32-23(33)9-11-28-12-13-34-2/h4-7,14-15,28-29H,3,8-13,16H2,1-2H3,(H,32,33). The summed E-state index contributed by atoms with van der Waals surface area (Å²) in [6.45, 7) is 6.26. The molecule has 10 heteroatoms. The summed E-state index contributed by atoms with van der Waals surface area (Å²) in [5.74, 6) is 0.629. The van der Waals surface area contributed by atoms with Gasteiger partial charge in [-0.1, -0.05) is 6.07 Å². The molecule has 0 spiro atoms. The number of ether oxygens (including phenoxy) is 2. The van der Waals surface area contributed by atoms with Gasteiger partial charge in [0.15, 0.2) is 0 Å². The van der Waals surface area contributed by atoms with Crippen molar-refractivity contribution in [2.75, 3.05) is 45.3 Å². The molecule has 1 aromatic carbocycles. The average molecular weight is 538 g/mol. The molecular weight excluding hydrogens is 506 g/mol. The fourth-order valence-corrected chi connectivity index (χ4v) is 6.66. The Morgan fingerprint density at radius 2 is 2.05 bits per heavy atom. The van der Waals surface area contributed by atoms with E-state index in [1.807, 2.05) is 25.3 Å². The van der Waals surface area contributed by atoms with E-state index in [0.29, 0.717) is 32.1 Å². The zero-order valence-corrected chi connectivity index (χ0v) is 22.7. The normalized spacial score (nSPS) is 13.0. The molecule has 1 aliphatic heterocycles. The van der Waals surface area contributed by atoms with Crippen LogP contribution in [-0.2, 0) is 22.5 Å². The number of carbonyl (C=O) groups excluding carboxylic acids is 1. The first-order valence-corrected chi connectivity index (χ1v) is 14.1. The quantitative estimate of drug-likeness (QED) is 0.239. The van der Waals surface area contributed by atoms with Gasteiger partial charge >= 0.3 is 0 Å². The number of methoxy groups -OCH3 is 1. The third kappa shape index (κ3) is 6.00. The first-order valence-electron chi connectivity index (χ1n) is 12.5. The van der Waals surface area contributed by atoms with Gasteiger partial charge in [0, 0.05) is 61.4 Å². The van der Waals surface area contributed by atoms with Gasteiger partial charge in [0.05, 0.1) is 23.4 Å². The number of carbonyl (C=O) groups is 1. The number of thiazole rings is 1. The summed E-state index contributed by atoms with van der Waals surface area (Å²) in [6.07, 6.45) is 3.16. The molecule has 1 amide bonds. The van der Waals surface area contributed by atoms with Gasteiger partial charge in [-0.05, 0) is 49.2 Å². The Bertz CT molecular complexity index is 1370. The third-order valence-corrected chi connectivity index (χ3v) is 8.36. The Morgan fingerprint density at radius 1 is 1.16 bits per heavy atom. The zero-order chi connectivity index (χ0) is 25.6. The van der Waals surface area contributed by atoms with Gasteiger partial charge in [0.1, 0.15) is 10.0 Å². The zero-order valence-electron chi connectivity index (χ0n) is 21.1. The van der Waals surface area contributed by atoms with E-state index in [1.165, 1.54) is 10.4 Å². The summed E-state index contributed by atoms with van der Waals surface area (Å²) < 4.78 is 11.6. The Hall–Kier alpha value is -2.89. The van der Waals surface area contributed by atoms with Crippen molar-refractivity contribution in [2.24, 2.45) is 0 Å². The lowest BCUT2D eigenvalue weighted by Gasteiger charge is -2.13. The van der Waals surface area contributed by atoms with Gasteiger partial charge < -0.3 is 25.4 Å². The molecule has 1 aliphatic rings. The minimum atomic E-state index is 0.00381. The predicted octanol–water partition coefficient (Wildman–Crippen LogP) is 4.70. The molecule has 0 atom stereocenters. The molecule has 0 saturated carbocycles. The van der Waals surface area contributed by atoms with E-state index in [-0.39, 0.29) is 5.91 Å². The van der Waals surface area contributed by atoms with Crippen LogP contribution in [0, 0.1) is 0 Å². The van der Waals surface area contributed by atoms with Crippen LogP contribution in [0.25, 0.3) is 31.9 Å². The number of fused-ring (bicyclic) bond motifs is 2. The maximum atomic E-state index is 12.8. The third-order valence-electron chi connectivity index (χ3n) is 6.16. The average Bonchev–Trinajstić information content (AvgIpc) is 3.49. The molecular formula is C27H31N5O3S2. The minimum Gasteiger partial charge on any atom is -0.478 e. The van der Waals surface area contributed by atoms with E-state index < -0.39 is 0 Å². The van der Waals surface area contributed by atoms with Gasteiger partial charge in [0.25, 0.3) is 0 Å². The molecule has 8 nitrogen and oxygen atoms in total. The van der Waals surface area contributed by atoms with Crippen molar-refractivity contribution >= 4 is 43.8 Å². The number of benzene rings is 1. The number of aromatic nitrogens is 2. The fraction of sp³-hybridized carbons (Fsp3) is 0.370. The number of pyridine rings is 1. The van der Waals surface area contributed by atoms with E-state index in [2.05, 4.69) is 39.1 Å². The molecule has 37 heavy (non-hydrogen) atoms. The summed E-state index contributed by atoms with van der Waals surface area (Å²) in [5.41, 5.74) is 5.40. The van der Waals surface area contributed by atoms with Crippen LogP contribution in [0.1, 0.15) is 23.8 Å². The van der Waals surface area contributed by atoms with Gasteiger partial charge in [-0.25, -0.2) is 9.97 Å². The molecule has 0 saturated heterocycles. The highest BCUT2D eigenvalue weighted by molar-refractivity contribution is 7.23. The Kier molecular flexibility index (Phi) is 8.42. The SMILES string of the molecule is CCOc1ccc(-c2ccc3sc(-c4c(NC(=O)CCNCCOC)sc5c4CCNC5)nc3c2)cn1. The number of hydrogen-bond acceptors (Lipinski definition) is 9. The summed E-state index contributed by atoms with van der Waals surface area (Å²) in [4.78, 5) is 23.5. The lowest BCUT2D eigenvalue weighted by atomic mass is 10.0. The molecule has 0 fully saturated rings. The van der Waals surface area contributed by atoms with Crippen molar-refractivity contribution in [2.45, 2.75) is 26.3 Å². The molecule has 194 valence electrons. The van der Waals surface area contributed by atoms with Gasteiger partial charge in [-0.15, -0.1) is 22.7 Å². The molecule has 5 rings (SSSR count). The minimum absolute atomic E-state index is 0.00381. The summed E-state index contributed by atoms with van der Waals surface area (Å²) in [6, 6.07) is 10.2. The van der Waals surface area contributed by atoms with Crippen LogP contribution in [0.4, 0.5) is 5.00 Å². The van der Waals surface area contributed by atoms with Crippen molar-refractivity contribution in [3.63, 3.8) is 0 Å². The summed E-state index contributed by atoms with van der Waals surface area (Å²) in [7, 11) is 1.67. The highest BCUT2D eigenvalue weighted by atomic mass is 32.1. The van der Waals surface area contributed by atoms with Crippen molar-refractivity contribution < 1.29 is 14.3 Å². The number of amides is 1. The maximum Gasteiger partial charge on any atom is 0.226 e. The summed E-state index contributed by atoms with van der Waals surface area (Å²) in [5, 5.41) is 11.7. The fourth-order valence-electron chi connectivity index (χ4n) is 4.34. The predicted molar refractivity (Wildman–Crippen MR) is 151 cm³/mol. The number of nitrogens with zero attached hydrogens (tertiary/aromatic N) is 2. The lowest BCUT2D eigenvalue weighted by molar-refractivity contribution is -0.116. The number of hydrogen-bond donors (Lipinski definition) is 3. The highest BCUT2D eigenvalue weighted by Crippen LogP contribution is 2.45. The van der Waals surface area contributed by atoms with Crippen LogP contribution in [0.5, 0.6) is 5.88 Å². The molecule has 0 unspecified atom stereocenters. The first-order chi connectivity index (χ1) is 18.2. The van der Waals surface area contributed by atoms with E-state index in [1.54, 1.807) is 29.8 Å². The molecule has 4 aromatic rings. The topological polar surface area (TPSA) is 97.4 Å². The van der Waals surface area contributed by atoms with Crippen LogP contribution in [0.15, 0.2) is 36.5 Å². The highest BCUT2D eigenvalue weighted by Gasteiger charge is 2.25. The van der Waals surface area contributed by atoms with Crippen molar-refractivity contribution in [1.82, 2.24) is 20.6 Å². The van der Waals surface area contributed by atoms with Crippen LogP contribution in [0.3, 0.4) is 0 Å². The second-order valence-electron chi connectivity index (χ2n) is 8.70. The Labute approximate surface area is 224 Å². The van der Waals surface area contributed by atoms with Crippen LogP contribution in [0.2, 0.25) is 0 Å². The first kappa shape index (κ1) is 25.7. The monoisotopic (exact) mass is 537 g/mol. The van der Waals surface area contributed by atoms with Crippen LogP contribution < -0.4 is 20.7 Å².